The zero-order chi connectivity index (χ0) is 18.9. The largest absolute Gasteiger partial charge is 0.481 e. The molecular formula is C18H21N3O5. The average molecular weight is 359 g/mol. The highest BCUT2D eigenvalue weighted by atomic mass is 16.5. The third kappa shape index (κ3) is 5.99. The van der Waals surface area contributed by atoms with Crippen LogP contribution in [0.3, 0.4) is 0 Å². The lowest BCUT2D eigenvalue weighted by molar-refractivity contribution is -0.172. The standard InChI is InChI=1S/C18H21N3O5/c1-13(17(22)21(24)11-10-20-18(19)23)25-15-8-5-9-16(12-15)26-14-6-3-2-4-7-14/h2-9,12-13,24H,10-11H2,1H3,(H3,19,20,23). The number of urea groups is 1. The summed E-state index contributed by atoms with van der Waals surface area (Å²) in [5, 5.41) is 12.5. The summed E-state index contributed by atoms with van der Waals surface area (Å²) >= 11 is 0. The molecule has 8 nitrogen and oxygen atoms in total. The first kappa shape index (κ1) is 19.1. The molecule has 0 radical (unpaired) electrons. The molecule has 138 valence electrons. The van der Waals surface area contributed by atoms with Crippen molar-refractivity contribution in [2.45, 2.75) is 13.0 Å². The fraction of sp³-hybridized carbons (Fsp3) is 0.222. The molecule has 1 unspecified atom stereocenters. The Labute approximate surface area is 151 Å². The summed E-state index contributed by atoms with van der Waals surface area (Å²) in [6.45, 7) is 1.44. The highest BCUT2D eigenvalue weighted by molar-refractivity contribution is 5.79. The molecule has 2 aromatic rings. The molecule has 0 aromatic heterocycles. The first-order chi connectivity index (χ1) is 12.5. The number of nitrogens with two attached hydrogens (primary N) is 1. The first-order valence-electron chi connectivity index (χ1n) is 7.99. The smallest absolute Gasteiger partial charge is 0.312 e. The van der Waals surface area contributed by atoms with Gasteiger partial charge in [0.1, 0.15) is 17.2 Å². The van der Waals surface area contributed by atoms with E-state index in [0.29, 0.717) is 22.3 Å². The summed E-state index contributed by atoms with van der Waals surface area (Å²) in [5.41, 5.74) is 4.91. The van der Waals surface area contributed by atoms with E-state index >= 15 is 0 Å². The average Bonchev–Trinajstić information content (AvgIpc) is 2.61. The fourth-order valence-electron chi connectivity index (χ4n) is 2.10. The Morgan fingerprint density at radius 1 is 1.12 bits per heavy atom. The summed E-state index contributed by atoms with van der Waals surface area (Å²) < 4.78 is 11.3. The number of amides is 3. The van der Waals surface area contributed by atoms with Crippen molar-refractivity contribution in [1.29, 1.82) is 0 Å². The third-order valence-corrected chi connectivity index (χ3v) is 3.32. The van der Waals surface area contributed by atoms with Gasteiger partial charge in [0.05, 0.1) is 6.54 Å². The maximum Gasteiger partial charge on any atom is 0.312 e. The zero-order valence-corrected chi connectivity index (χ0v) is 14.3. The third-order valence-electron chi connectivity index (χ3n) is 3.32. The number of benzene rings is 2. The lowest BCUT2D eigenvalue weighted by Crippen LogP contribution is -2.43. The van der Waals surface area contributed by atoms with Crippen LogP contribution in [0.2, 0.25) is 0 Å². The Bertz CT molecular complexity index is 739. The maximum atomic E-state index is 12.1. The van der Waals surface area contributed by atoms with Gasteiger partial charge in [0.2, 0.25) is 0 Å². The molecule has 0 saturated carbocycles. The Morgan fingerprint density at radius 3 is 2.46 bits per heavy atom. The van der Waals surface area contributed by atoms with Crippen molar-refractivity contribution in [2.24, 2.45) is 5.73 Å². The minimum atomic E-state index is -0.930. The highest BCUT2D eigenvalue weighted by Gasteiger charge is 2.21. The lowest BCUT2D eigenvalue weighted by Gasteiger charge is -2.20. The van der Waals surface area contributed by atoms with Gasteiger partial charge in [-0.05, 0) is 31.2 Å². The number of ether oxygens (including phenoxy) is 2. The minimum Gasteiger partial charge on any atom is -0.481 e. The molecule has 0 aliphatic carbocycles. The summed E-state index contributed by atoms with van der Waals surface area (Å²) in [6.07, 6.45) is -0.930. The van der Waals surface area contributed by atoms with E-state index in [1.165, 1.54) is 6.92 Å². The topological polar surface area (TPSA) is 114 Å². The molecule has 0 bridgehead atoms. The van der Waals surface area contributed by atoms with Crippen molar-refractivity contribution in [2.75, 3.05) is 13.1 Å². The Morgan fingerprint density at radius 2 is 1.77 bits per heavy atom. The van der Waals surface area contributed by atoms with Gasteiger partial charge in [-0.25, -0.2) is 9.86 Å². The molecule has 3 amide bonds. The van der Waals surface area contributed by atoms with Crippen LogP contribution in [-0.2, 0) is 4.79 Å². The van der Waals surface area contributed by atoms with Crippen LogP contribution in [0.25, 0.3) is 0 Å². The van der Waals surface area contributed by atoms with Gasteiger partial charge in [0, 0.05) is 12.6 Å². The molecule has 0 aliphatic heterocycles. The summed E-state index contributed by atoms with van der Waals surface area (Å²) in [5.74, 6) is 1.01. The normalized spacial score (nSPS) is 11.3. The van der Waals surface area contributed by atoms with Crippen LogP contribution in [0.4, 0.5) is 4.79 Å². The molecule has 0 fully saturated rings. The molecule has 4 N–H and O–H groups in total. The number of hydrogen-bond donors (Lipinski definition) is 3. The quantitative estimate of drug-likeness (QED) is 0.493. The summed E-state index contributed by atoms with van der Waals surface area (Å²) in [7, 11) is 0. The molecule has 2 aromatic carbocycles. The minimum absolute atomic E-state index is 0.0324. The molecule has 26 heavy (non-hydrogen) atoms. The highest BCUT2D eigenvalue weighted by Crippen LogP contribution is 2.25. The van der Waals surface area contributed by atoms with Gasteiger partial charge >= 0.3 is 6.03 Å². The SMILES string of the molecule is CC(Oc1cccc(Oc2ccccc2)c1)C(=O)N(O)CCNC(N)=O. The van der Waals surface area contributed by atoms with Crippen LogP contribution in [0.15, 0.2) is 54.6 Å². The van der Waals surface area contributed by atoms with Gasteiger partial charge in [-0.1, -0.05) is 24.3 Å². The van der Waals surface area contributed by atoms with E-state index < -0.39 is 18.0 Å². The van der Waals surface area contributed by atoms with Crippen LogP contribution < -0.4 is 20.5 Å². The van der Waals surface area contributed by atoms with Crippen LogP contribution in [0, 0.1) is 0 Å². The second kappa shape index (κ2) is 9.28. The van der Waals surface area contributed by atoms with Crippen molar-refractivity contribution in [3.8, 4) is 17.2 Å². The zero-order valence-electron chi connectivity index (χ0n) is 14.3. The molecule has 1 atom stereocenters. The molecule has 0 heterocycles. The van der Waals surface area contributed by atoms with Gasteiger partial charge in [-0.15, -0.1) is 0 Å². The van der Waals surface area contributed by atoms with Gasteiger partial charge in [0.25, 0.3) is 5.91 Å². The number of carbonyl (C=O) groups excluding carboxylic acids is 2. The monoisotopic (exact) mass is 359 g/mol. The van der Waals surface area contributed by atoms with Crippen LogP contribution in [-0.4, -0.2) is 41.4 Å². The van der Waals surface area contributed by atoms with E-state index in [9.17, 15) is 14.8 Å². The summed E-state index contributed by atoms with van der Waals surface area (Å²) in [6, 6.07) is 15.3. The molecule has 8 heteroatoms. The van der Waals surface area contributed by atoms with Crippen molar-refractivity contribution in [3.63, 3.8) is 0 Å². The number of hydroxylamine groups is 2. The van der Waals surface area contributed by atoms with E-state index in [0.717, 1.165) is 0 Å². The Hall–Kier alpha value is -3.26. The van der Waals surface area contributed by atoms with Gasteiger partial charge in [0.15, 0.2) is 6.10 Å². The molecular weight excluding hydrogens is 338 g/mol. The summed E-state index contributed by atoms with van der Waals surface area (Å²) in [4.78, 5) is 22.7. The van der Waals surface area contributed by atoms with E-state index in [-0.39, 0.29) is 13.1 Å². The molecule has 0 spiro atoms. The number of nitrogens with one attached hydrogen (secondary N) is 1. The molecule has 0 aliphatic rings. The number of nitrogens with zero attached hydrogens (tertiary/aromatic N) is 1. The van der Waals surface area contributed by atoms with E-state index in [1.54, 1.807) is 24.3 Å². The van der Waals surface area contributed by atoms with Crippen molar-refractivity contribution in [3.05, 3.63) is 54.6 Å². The second-order valence-corrected chi connectivity index (χ2v) is 5.40. The first-order valence-corrected chi connectivity index (χ1v) is 7.99. The number of carbonyl (C=O) groups is 2. The van der Waals surface area contributed by atoms with Crippen LogP contribution in [0.1, 0.15) is 6.92 Å². The number of hydrogen-bond acceptors (Lipinski definition) is 5. The number of primary amides is 1. The van der Waals surface area contributed by atoms with Crippen LogP contribution >= 0.6 is 0 Å². The number of para-hydroxylation sites is 1. The second-order valence-electron chi connectivity index (χ2n) is 5.40. The molecule has 0 saturated heterocycles. The Kier molecular flexibility index (Phi) is 6.81. The predicted octanol–water partition coefficient (Wildman–Crippen LogP) is 2.13. The van der Waals surface area contributed by atoms with E-state index in [1.807, 2.05) is 30.3 Å². The number of rotatable bonds is 8. The Balaban J connectivity index is 1.91. The van der Waals surface area contributed by atoms with Crippen molar-refractivity contribution < 1.29 is 24.3 Å². The molecule has 2 rings (SSSR count). The van der Waals surface area contributed by atoms with Crippen molar-refractivity contribution in [1.82, 2.24) is 10.4 Å². The fourth-order valence-corrected chi connectivity index (χ4v) is 2.10. The van der Waals surface area contributed by atoms with Gasteiger partial charge < -0.3 is 20.5 Å². The predicted molar refractivity (Wildman–Crippen MR) is 94.1 cm³/mol. The lowest BCUT2D eigenvalue weighted by atomic mass is 10.3. The van der Waals surface area contributed by atoms with Crippen LogP contribution in [0.5, 0.6) is 17.2 Å². The maximum absolute atomic E-state index is 12.1. The van der Waals surface area contributed by atoms with Gasteiger partial charge in [-0.2, -0.15) is 0 Å². The van der Waals surface area contributed by atoms with E-state index in [2.05, 4.69) is 5.32 Å². The van der Waals surface area contributed by atoms with Crippen molar-refractivity contribution >= 4 is 11.9 Å². The van der Waals surface area contributed by atoms with E-state index in [4.69, 9.17) is 15.2 Å². The van der Waals surface area contributed by atoms with Gasteiger partial charge in [-0.3, -0.25) is 10.0 Å².